The summed E-state index contributed by atoms with van der Waals surface area (Å²) in [6, 6.07) is 17.4. The predicted molar refractivity (Wildman–Crippen MR) is 87.4 cm³/mol. The maximum atomic E-state index is 11.1. The van der Waals surface area contributed by atoms with Crippen LogP contribution in [0.3, 0.4) is 0 Å². The van der Waals surface area contributed by atoms with Crippen molar-refractivity contribution in [3.63, 3.8) is 0 Å². The molecular weight excluding hydrogens is 256 g/mol. The first kappa shape index (κ1) is 12.4. The van der Waals surface area contributed by atoms with Crippen LogP contribution in [0, 0.1) is 0 Å². The van der Waals surface area contributed by atoms with Gasteiger partial charge in [0.2, 0.25) is 0 Å². The normalized spacial score (nSPS) is 17.8. The van der Waals surface area contributed by atoms with E-state index in [0.29, 0.717) is 0 Å². The quantitative estimate of drug-likeness (QED) is 0.424. The van der Waals surface area contributed by atoms with Crippen LogP contribution in [0.2, 0.25) is 0 Å². The van der Waals surface area contributed by atoms with Gasteiger partial charge in [-0.25, -0.2) is 4.79 Å². The molecular formula is C20H16O. The van der Waals surface area contributed by atoms with Crippen LogP contribution in [-0.2, 0) is 11.2 Å². The minimum atomic E-state index is 0.196. The molecule has 0 saturated heterocycles. The van der Waals surface area contributed by atoms with E-state index in [1.54, 1.807) is 0 Å². The van der Waals surface area contributed by atoms with Gasteiger partial charge in [-0.1, -0.05) is 55.5 Å². The highest BCUT2D eigenvalue weighted by atomic mass is 16.1. The Morgan fingerprint density at radius 1 is 0.905 bits per heavy atom. The maximum absolute atomic E-state index is 11.1. The molecule has 4 rings (SSSR count). The summed E-state index contributed by atoms with van der Waals surface area (Å²) in [5.41, 5.74) is 3.61. The van der Waals surface area contributed by atoms with E-state index in [1.165, 1.54) is 32.7 Å². The van der Waals surface area contributed by atoms with Gasteiger partial charge >= 0.3 is 0 Å². The molecule has 1 aliphatic rings. The molecule has 1 atom stereocenters. The van der Waals surface area contributed by atoms with Crippen LogP contribution in [0.25, 0.3) is 21.5 Å². The van der Waals surface area contributed by atoms with E-state index < -0.39 is 0 Å². The van der Waals surface area contributed by atoms with E-state index in [2.05, 4.69) is 61.4 Å². The Morgan fingerprint density at radius 2 is 1.71 bits per heavy atom. The molecule has 0 saturated carbocycles. The fourth-order valence-electron chi connectivity index (χ4n) is 3.66. The molecule has 3 aromatic carbocycles. The number of benzene rings is 3. The van der Waals surface area contributed by atoms with Crippen molar-refractivity contribution in [1.29, 1.82) is 0 Å². The summed E-state index contributed by atoms with van der Waals surface area (Å²) in [5.74, 6) is 2.34. The van der Waals surface area contributed by atoms with Crippen molar-refractivity contribution in [3.05, 3.63) is 65.2 Å². The van der Waals surface area contributed by atoms with Gasteiger partial charge in [0.25, 0.3) is 0 Å². The highest BCUT2D eigenvalue weighted by molar-refractivity contribution is 6.08. The van der Waals surface area contributed by atoms with Gasteiger partial charge in [0.15, 0.2) is 0 Å². The summed E-state index contributed by atoms with van der Waals surface area (Å²) in [5, 5.41) is 5.24. The zero-order valence-electron chi connectivity index (χ0n) is 12.0. The van der Waals surface area contributed by atoms with E-state index in [9.17, 15) is 4.79 Å². The lowest BCUT2D eigenvalue weighted by Gasteiger charge is -2.25. The van der Waals surface area contributed by atoms with Gasteiger partial charge in [-0.2, -0.15) is 0 Å². The van der Waals surface area contributed by atoms with Crippen molar-refractivity contribution in [2.45, 2.75) is 25.7 Å². The topological polar surface area (TPSA) is 17.1 Å². The number of aryl methyl sites for hydroxylation is 1. The summed E-state index contributed by atoms with van der Waals surface area (Å²) < 4.78 is 0. The summed E-state index contributed by atoms with van der Waals surface area (Å²) >= 11 is 0. The van der Waals surface area contributed by atoms with E-state index in [0.717, 1.165) is 18.4 Å². The summed E-state index contributed by atoms with van der Waals surface area (Å²) in [4.78, 5) is 11.1. The first-order valence-electron chi connectivity index (χ1n) is 7.46. The molecule has 3 aromatic rings. The molecule has 1 nitrogen and oxygen atoms in total. The maximum Gasteiger partial charge on any atom is 0.124 e. The Bertz CT molecular complexity index is 914. The zero-order valence-corrected chi connectivity index (χ0v) is 12.0. The van der Waals surface area contributed by atoms with Crippen LogP contribution < -0.4 is 0 Å². The molecule has 0 bridgehead atoms. The minimum Gasteiger partial charge on any atom is -0.234 e. The van der Waals surface area contributed by atoms with Crippen LogP contribution >= 0.6 is 0 Å². The predicted octanol–water partition coefficient (Wildman–Crippen LogP) is 4.80. The van der Waals surface area contributed by atoms with Crippen molar-refractivity contribution in [2.24, 2.45) is 0 Å². The van der Waals surface area contributed by atoms with E-state index in [4.69, 9.17) is 0 Å². The van der Waals surface area contributed by atoms with Crippen molar-refractivity contribution in [1.82, 2.24) is 0 Å². The Hall–Kier alpha value is -2.37. The zero-order chi connectivity index (χ0) is 14.4. The second kappa shape index (κ2) is 4.58. The van der Waals surface area contributed by atoms with Gasteiger partial charge in [-0.05, 0) is 45.5 Å². The summed E-state index contributed by atoms with van der Waals surface area (Å²) in [6.07, 6.45) is 1.78. The highest BCUT2D eigenvalue weighted by Crippen LogP contribution is 2.39. The third-order valence-corrected chi connectivity index (χ3v) is 4.84. The molecule has 0 fully saturated rings. The Labute approximate surface area is 123 Å². The van der Waals surface area contributed by atoms with Gasteiger partial charge < -0.3 is 0 Å². The van der Waals surface area contributed by atoms with Gasteiger partial charge in [0.05, 0.1) is 0 Å². The van der Waals surface area contributed by atoms with Crippen LogP contribution in [0.15, 0.2) is 54.1 Å². The number of rotatable bonds is 0. The third kappa shape index (κ3) is 1.75. The minimum absolute atomic E-state index is 0.196. The summed E-state index contributed by atoms with van der Waals surface area (Å²) in [7, 11) is 0. The molecule has 0 N–H and O–H groups in total. The van der Waals surface area contributed by atoms with Gasteiger partial charge in [-0.15, -0.1) is 0 Å². The molecule has 0 aliphatic heterocycles. The molecule has 0 amide bonds. The average molecular weight is 272 g/mol. The molecule has 0 spiro atoms. The van der Waals surface area contributed by atoms with Crippen molar-refractivity contribution in [3.8, 4) is 0 Å². The van der Waals surface area contributed by atoms with Crippen molar-refractivity contribution in [2.75, 3.05) is 0 Å². The average Bonchev–Trinajstić information content (AvgIpc) is 2.54. The second-order valence-corrected chi connectivity index (χ2v) is 5.86. The van der Waals surface area contributed by atoms with E-state index >= 15 is 0 Å². The fraction of sp³-hybridized carbons (Fsp3) is 0.200. The smallest absolute Gasteiger partial charge is 0.124 e. The SMILES string of the molecule is CC1C(=C=O)CCc2c1ccc1c2ccc2ccccc21. The lowest BCUT2D eigenvalue weighted by atomic mass is 9.78. The monoisotopic (exact) mass is 272 g/mol. The van der Waals surface area contributed by atoms with Crippen LogP contribution in [0.1, 0.15) is 30.4 Å². The number of hydrogen-bond donors (Lipinski definition) is 0. The number of allylic oxidation sites excluding steroid dienone is 1. The number of hydrogen-bond acceptors (Lipinski definition) is 1. The lowest BCUT2D eigenvalue weighted by molar-refractivity contribution is 0.562. The highest BCUT2D eigenvalue weighted by Gasteiger charge is 2.23. The summed E-state index contributed by atoms with van der Waals surface area (Å²) in [6.45, 7) is 2.12. The van der Waals surface area contributed by atoms with E-state index in [1.807, 2.05) is 0 Å². The molecule has 21 heavy (non-hydrogen) atoms. The Morgan fingerprint density at radius 3 is 2.57 bits per heavy atom. The van der Waals surface area contributed by atoms with Gasteiger partial charge in [-0.3, -0.25) is 0 Å². The standard InChI is InChI=1S/C20H16O/c1-13-15(12-21)7-9-18-16(13)10-11-19-17-5-3-2-4-14(17)6-8-20(18)19/h2-6,8,10-11,13H,7,9H2,1H3. The van der Waals surface area contributed by atoms with Crippen molar-refractivity contribution < 1.29 is 4.79 Å². The Kier molecular flexibility index (Phi) is 2.70. The van der Waals surface area contributed by atoms with Crippen LogP contribution in [0.4, 0.5) is 0 Å². The molecule has 1 heteroatoms. The van der Waals surface area contributed by atoms with Crippen LogP contribution in [0.5, 0.6) is 0 Å². The molecule has 0 heterocycles. The first-order valence-corrected chi connectivity index (χ1v) is 7.46. The van der Waals surface area contributed by atoms with Crippen molar-refractivity contribution >= 4 is 27.5 Å². The molecule has 1 unspecified atom stereocenters. The van der Waals surface area contributed by atoms with Gasteiger partial charge in [0.1, 0.15) is 5.94 Å². The molecule has 0 aromatic heterocycles. The third-order valence-electron chi connectivity index (χ3n) is 4.84. The van der Waals surface area contributed by atoms with Crippen LogP contribution in [-0.4, -0.2) is 5.94 Å². The number of carbonyl (C=O) groups excluding carboxylic acids is 1. The second-order valence-electron chi connectivity index (χ2n) is 5.86. The lowest BCUT2D eigenvalue weighted by Crippen LogP contribution is -2.11. The molecule has 1 aliphatic carbocycles. The van der Waals surface area contributed by atoms with E-state index in [-0.39, 0.29) is 5.92 Å². The van der Waals surface area contributed by atoms with Gasteiger partial charge in [0, 0.05) is 11.5 Å². The Balaban J connectivity index is 2.07. The first-order chi connectivity index (χ1) is 10.3. The number of fused-ring (bicyclic) bond motifs is 5. The largest absolute Gasteiger partial charge is 0.234 e. The fourth-order valence-corrected chi connectivity index (χ4v) is 3.66. The molecule has 0 radical (unpaired) electrons. The molecule has 102 valence electrons.